The lowest BCUT2D eigenvalue weighted by Gasteiger charge is -2.10. The number of hydrogen-bond acceptors (Lipinski definition) is 5. The lowest BCUT2D eigenvalue weighted by atomic mass is 10.2. The van der Waals surface area contributed by atoms with Crippen LogP contribution >= 0.6 is 0 Å². The van der Waals surface area contributed by atoms with Crippen molar-refractivity contribution in [3.8, 4) is 5.75 Å². The van der Waals surface area contributed by atoms with Gasteiger partial charge in [-0.1, -0.05) is 31.2 Å². The molecular formula is C16H14N2O5. The topological polar surface area (TPSA) is 98.5 Å². The third-order valence-corrected chi connectivity index (χ3v) is 3.01. The number of ether oxygens (including phenoxy) is 1. The summed E-state index contributed by atoms with van der Waals surface area (Å²) in [5, 5.41) is 13.6. The van der Waals surface area contributed by atoms with Crippen LogP contribution < -0.4 is 10.1 Å². The summed E-state index contributed by atoms with van der Waals surface area (Å²) in [5.41, 5.74) is -0.173. The van der Waals surface area contributed by atoms with E-state index in [4.69, 9.17) is 4.74 Å². The van der Waals surface area contributed by atoms with Crippen LogP contribution in [0.15, 0.2) is 48.5 Å². The number of hydrogen-bond donors (Lipinski definition) is 1. The molecule has 0 spiro atoms. The van der Waals surface area contributed by atoms with Crippen LogP contribution in [0.3, 0.4) is 0 Å². The van der Waals surface area contributed by atoms with Crippen molar-refractivity contribution in [2.75, 3.05) is 5.32 Å². The number of para-hydroxylation sites is 3. The van der Waals surface area contributed by atoms with Gasteiger partial charge in [0, 0.05) is 12.5 Å². The average molecular weight is 314 g/mol. The van der Waals surface area contributed by atoms with Gasteiger partial charge in [0.15, 0.2) is 5.75 Å². The van der Waals surface area contributed by atoms with Gasteiger partial charge in [-0.2, -0.15) is 0 Å². The zero-order valence-electron chi connectivity index (χ0n) is 12.3. The molecule has 2 aromatic carbocycles. The molecule has 0 aromatic heterocycles. The molecule has 0 aliphatic carbocycles. The van der Waals surface area contributed by atoms with Crippen LogP contribution in [0.25, 0.3) is 0 Å². The van der Waals surface area contributed by atoms with Crippen LogP contribution in [-0.4, -0.2) is 16.8 Å². The predicted octanol–water partition coefficient (Wildman–Crippen LogP) is 3.16. The molecule has 118 valence electrons. The quantitative estimate of drug-likeness (QED) is 0.395. The summed E-state index contributed by atoms with van der Waals surface area (Å²) in [6.07, 6.45) is 0.270. The van der Waals surface area contributed by atoms with Gasteiger partial charge < -0.3 is 10.1 Å². The minimum Gasteiger partial charge on any atom is -0.421 e. The molecule has 0 atom stereocenters. The highest BCUT2D eigenvalue weighted by molar-refractivity contribution is 5.97. The minimum atomic E-state index is -0.865. The second kappa shape index (κ2) is 7.17. The molecule has 7 nitrogen and oxygen atoms in total. The number of nitro benzene ring substituents is 1. The number of carbonyl (C=O) groups is 2. The summed E-state index contributed by atoms with van der Waals surface area (Å²) in [7, 11) is 0. The van der Waals surface area contributed by atoms with Crippen molar-refractivity contribution in [1.82, 2.24) is 0 Å². The van der Waals surface area contributed by atoms with Gasteiger partial charge in [-0.25, -0.2) is 4.79 Å². The summed E-state index contributed by atoms with van der Waals surface area (Å²) in [6.45, 7) is 1.69. The van der Waals surface area contributed by atoms with Gasteiger partial charge in [0.25, 0.3) is 5.69 Å². The second-order valence-electron chi connectivity index (χ2n) is 4.56. The monoisotopic (exact) mass is 314 g/mol. The highest BCUT2D eigenvalue weighted by Crippen LogP contribution is 2.26. The van der Waals surface area contributed by atoms with Crippen molar-refractivity contribution in [2.24, 2.45) is 0 Å². The maximum absolute atomic E-state index is 12.2. The average Bonchev–Trinajstić information content (AvgIpc) is 2.56. The van der Waals surface area contributed by atoms with E-state index in [1.165, 1.54) is 30.3 Å². The molecule has 0 bridgehead atoms. The maximum Gasteiger partial charge on any atom is 0.350 e. The van der Waals surface area contributed by atoms with E-state index in [2.05, 4.69) is 5.32 Å². The van der Waals surface area contributed by atoms with Gasteiger partial charge in [-0.3, -0.25) is 14.9 Å². The summed E-state index contributed by atoms with van der Waals surface area (Å²) >= 11 is 0. The fraction of sp³-hybridized carbons (Fsp3) is 0.125. The highest BCUT2D eigenvalue weighted by atomic mass is 16.6. The lowest BCUT2D eigenvalue weighted by molar-refractivity contribution is -0.385. The number of nitro groups is 1. The Morgan fingerprint density at radius 3 is 2.48 bits per heavy atom. The van der Waals surface area contributed by atoms with Gasteiger partial charge in [0.2, 0.25) is 5.91 Å². The molecule has 7 heteroatoms. The maximum atomic E-state index is 12.2. The van der Waals surface area contributed by atoms with E-state index in [1.54, 1.807) is 25.1 Å². The first-order valence-corrected chi connectivity index (χ1v) is 6.87. The molecule has 0 fully saturated rings. The molecule has 0 unspecified atom stereocenters. The Morgan fingerprint density at radius 1 is 1.13 bits per heavy atom. The highest BCUT2D eigenvalue weighted by Gasteiger charge is 2.22. The number of rotatable bonds is 5. The van der Waals surface area contributed by atoms with E-state index in [-0.39, 0.29) is 29.3 Å². The van der Waals surface area contributed by atoms with Crippen molar-refractivity contribution in [2.45, 2.75) is 13.3 Å². The molecule has 0 radical (unpaired) electrons. The Bertz CT molecular complexity index is 758. The van der Waals surface area contributed by atoms with Gasteiger partial charge in [-0.15, -0.1) is 0 Å². The van der Waals surface area contributed by atoms with Crippen LogP contribution in [0.2, 0.25) is 0 Å². The van der Waals surface area contributed by atoms with Gasteiger partial charge in [0.05, 0.1) is 10.6 Å². The lowest BCUT2D eigenvalue weighted by Crippen LogP contribution is -2.14. The summed E-state index contributed by atoms with van der Waals surface area (Å²) in [6, 6.07) is 11.9. The van der Waals surface area contributed by atoms with E-state index in [0.717, 1.165) is 0 Å². The molecule has 0 saturated heterocycles. The number of carbonyl (C=O) groups excluding carboxylic acids is 2. The summed E-state index contributed by atoms with van der Waals surface area (Å²) in [4.78, 5) is 34.0. The smallest absolute Gasteiger partial charge is 0.350 e. The van der Waals surface area contributed by atoms with Crippen molar-refractivity contribution < 1.29 is 19.2 Å². The number of amides is 1. The number of anilines is 1. The largest absolute Gasteiger partial charge is 0.421 e. The van der Waals surface area contributed by atoms with Crippen LogP contribution in [0, 0.1) is 10.1 Å². The molecule has 0 saturated carbocycles. The Morgan fingerprint density at radius 2 is 1.78 bits per heavy atom. The zero-order chi connectivity index (χ0) is 16.8. The van der Waals surface area contributed by atoms with E-state index in [1.807, 2.05) is 0 Å². The third-order valence-electron chi connectivity index (χ3n) is 3.01. The summed E-state index contributed by atoms with van der Waals surface area (Å²) < 4.78 is 5.21. The van der Waals surface area contributed by atoms with Crippen LogP contribution in [-0.2, 0) is 4.79 Å². The SMILES string of the molecule is CCC(=O)Nc1ccccc1OC(=O)c1ccccc1[N+](=O)[O-]. The fourth-order valence-corrected chi connectivity index (χ4v) is 1.86. The molecule has 23 heavy (non-hydrogen) atoms. The zero-order valence-corrected chi connectivity index (χ0v) is 12.3. The Hall–Kier alpha value is -3.22. The molecule has 1 amide bonds. The van der Waals surface area contributed by atoms with E-state index >= 15 is 0 Å². The van der Waals surface area contributed by atoms with Crippen LogP contribution in [0.5, 0.6) is 5.75 Å². The molecule has 0 heterocycles. The molecule has 0 aliphatic rings. The summed E-state index contributed by atoms with van der Waals surface area (Å²) in [5.74, 6) is -0.980. The van der Waals surface area contributed by atoms with Crippen LogP contribution in [0.1, 0.15) is 23.7 Å². The first-order valence-electron chi connectivity index (χ1n) is 6.87. The number of benzene rings is 2. The van der Waals surface area contributed by atoms with E-state index < -0.39 is 10.9 Å². The van der Waals surface area contributed by atoms with Gasteiger partial charge >= 0.3 is 5.97 Å². The molecule has 1 N–H and O–H groups in total. The number of nitrogens with zero attached hydrogens (tertiary/aromatic N) is 1. The number of nitrogens with one attached hydrogen (secondary N) is 1. The molecule has 0 aliphatic heterocycles. The van der Waals surface area contributed by atoms with Crippen molar-refractivity contribution >= 4 is 23.3 Å². The van der Waals surface area contributed by atoms with E-state index in [0.29, 0.717) is 5.69 Å². The molecule has 2 aromatic rings. The van der Waals surface area contributed by atoms with E-state index in [9.17, 15) is 19.7 Å². The minimum absolute atomic E-state index is 0.123. The first kappa shape index (κ1) is 16.2. The van der Waals surface area contributed by atoms with Gasteiger partial charge in [-0.05, 0) is 18.2 Å². The molecular weight excluding hydrogens is 300 g/mol. The second-order valence-corrected chi connectivity index (χ2v) is 4.56. The standard InChI is InChI=1S/C16H14N2O5/c1-2-15(19)17-12-8-4-6-10-14(12)23-16(20)11-7-3-5-9-13(11)18(21)22/h3-10H,2H2,1H3,(H,17,19). The number of esters is 1. The Balaban J connectivity index is 2.28. The molecule has 2 rings (SSSR count). The van der Waals surface area contributed by atoms with Crippen LogP contribution in [0.4, 0.5) is 11.4 Å². The van der Waals surface area contributed by atoms with Gasteiger partial charge in [0.1, 0.15) is 5.56 Å². The first-order chi connectivity index (χ1) is 11.0. The van der Waals surface area contributed by atoms with Crippen molar-refractivity contribution in [1.29, 1.82) is 0 Å². The normalized spacial score (nSPS) is 9.96. The van der Waals surface area contributed by atoms with Crippen molar-refractivity contribution in [3.63, 3.8) is 0 Å². The fourth-order valence-electron chi connectivity index (χ4n) is 1.86. The Kier molecular flexibility index (Phi) is 5.03. The van der Waals surface area contributed by atoms with Crippen molar-refractivity contribution in [3.05, 3.63) is 64.2 Å². The predicted molar refractivity (Wildman–Crippen MR) is 83.4 cm³/mol. The Labute approximate surface area is 132 Å². The third kappa shape index (κ3) is 3.91.